The number of quaternary nitrogens is 1. The third-order valence-electron chi connectivity index (χ3n) is 4.67. The molecular weight excluding hydrogens is 296 g/mol. The molecule has 0 N–H and O–H groups in total. The highest BCUT2D eigenvalue weighted by Crippen LogP contribution is 2.61. The molecule has 4 rings (SSSR count). The lowest BCUT2D eigenvalue weighted by atomic mass is 10.2. The highest BCUT2D eigenvalue weighted by Gasteiger charge is 2.50. The molecule has 23 heavy (non-hydrogen) atoms. The van der Waals surface area contributed by atoms with Gasteiger partial charge in [-0.05, 0) is 43.5 Å². The summed E-state index contributed by atoms with van der Waals surface area (Å²) in [7, 11) is 5.42. The van der Waals surface area contributed by atoms with Gasteiger partial charge in [0.05, 0.1) is 10.6 Å². The highest BCUT2D eigenvalue weighted by atomic mass is 31.2. The second-order valence-corrected chi connectivity index (χ2v) is 9.73. The number of para-hydroxylation sites is 1. The summed E-state index contributed by atoms with van der Waals surface area (Å²) in [6.45, 7) is 0. The lowest BCUT2D eigenvalue weighted by Crippen LogP contribution is -2.44. The van der Waals surface area contributed by atoms with Crippen molar-refractivity contribution < 1.29 is 0 Å². The van der Waals surface area contributed by atoms with Gasteiger partial charge in [0.2, 0.25) is 0 Å². The van der Waals surface area contributed by atoms with E-state index in [-0.39, 0.29) is 0 Å². The smallest absolute Gasteiger partial charge is 0.273 e. The molecule has 0 amide bonds. The van der Waals surface area contributed by atoms with E-state index >= 15 is 0 Å². The normalized spacial score (nSPS) is 17.7. The molecule has 0 atom stereocenters. The number of hydrogen-bond acceptors (Lipinski definition) is 0. The fourth-order valence-electron chi connectivity index (χ4n) is 3.69. The summed E-state index contributed by atoms with van der Waals surface area (Å²) >= 11 is 0. The maximum Gasteiger partial charge on any atom is 0.273 e. The van der Waals surface area contributed by atoms with Crippen molar-refractivity contribution in [3.05, 3.63) is 84.9 Å². The van der Waals surface area contributed by atoms with Crippen molar-refractivity contribution in [1.82, 2.24) is 4.39 Å². The molecule has 0 saturated heterocycles. The van der Waals surface area contributed by atoms with Crippen molar-refractivity contribution in [3.8, 4) is 0 Å². The maximum absolute atomic E-state index is 2.57. The zero-order valence-corrected chi connectivity index (χ0v) is 14.4. The largest absolute Gasteiger partial charge is 0.489 e. The molecule has 0 aliphatic carbocycles. The second-order valence-electron chi connectivity index (χ2n) is 6.54. The van der Waals surface area contributed by atoms with Gasteiger partial charge in [0.15, 0.2) is 0 Å². The Morgan fingerprint density at radius 3 is 1.70 bits per heavy atom. The molecule has 0 fully saturated rings. The van der Waals surface area contributed by atoms with Crippen LogP contribution < -0.4 is 20.3 Å². The van der Waals surface area contributed by atoms with Gasteiger partial charge in [-0.15, -0.1) is 0 Å². The van der Waals surface area contributed by atoms with E-state index in [2.05, 4.69) is 106 Å². The minimum Gasteiger partial charge on any atom is -0.489 e. The Balaban J connectivity index is 2.07. The van der Waals surface area contributed by atoms with E-state index in [9.17, 15) is 0 Å². The van der Waals surface area contributed by atoms with E-state index in [0.717, 1.165) is 4.39 Å². The summed E-state index contributed by atoms with van der Waals surface area (Å²) in [5.74, 6) is 0. The number of hydrogen-bond donors (Lipinski definition) is 0. The molecule has 0 bridgehead atoms. The molecule has 1 aliphatic rings. The third-order valence-corrected chi connectivity index (χ3v) is 8.96. The molecule has 112 valence electrons. The Kier molecular flexibility index (Phi) is 3.41. The zero-order valence-electron chi connectivity index (χ0n) is 13.6. The fourth-order valence-corrected chi connectivity index (χ4v) is 8.23. The average molecular weight is 316 g/mol. The van der Waals surface area contributed by atoms with Crippen molar-refractivity contribution in [2.45, 2.75) is 0 Å². The molecule has 1 heterocycles. The molecule has 0 spiro atoms. The van der Waals surface area contributed by atoms with Crippen LogP contribution in [-0.4, -0.2) is 21.2 Å². The van der Waals surface area contributed by atoms with Crippen LogP contribution in [0.2, 0.25) is 0 Å². The van der Waals surface area contributed by atoms with E-state index in [1.165, 1.54) is 21.6 Å². The first kappa shape index (κ1) is 14.7. The van der Waals surface area contributed by atoms with Crippen molar-refractivity contribution in [3.63, 3.8) is 0 Å². The summed E-state index contributed by atoms with van der Waals surface area (Å²) in [5.41, 5.74) is 1.41. The minimum atomic E-state index is -1.72. The van der Waals surface area contributed by atoms with E-state index in [1.807, 2.05) is 0 Å². The summed E-state index contributed by atoms with van der Waals surface area (Å²) < 4.78 is 0.827. The van der Waals surface area contributed by atoms with E-state index in [4.69, 9.17) is 0 Å². The van der Waals surface area contributed by atoms with Crippen LogP contribution in [0.4, 0.5) is 5.69 Å². The maximum atomic E-state index is 2.57. The Hall–Kier alpha value is -1.89. The predicted octanol–water partition coefficient (Wildman–Crippen LogP) is 3.10. The SMILES string of the molecule is C[N+]1(C)[B-][P+](c2ccccc2)(c2ccccc2)c2ccccc21. The molecule has 0 saturated carbocycles. The second kappa shape index (κ2) is 5.34. The van der Waals surface area contributed by atoms with E-state index < -0.39 is 7.14 Å². The molecule has 3 aromatic rings. The van der Waals surface area contributed by atoms with Crippen LogP contribution in [0.1, 0.15) is 0 Å². The first-order chi connectivity index (χ1) is 11.1. The molecule has 3 aromatic carbocycles. The van der Waals surface area contributed by atoms with Crippen LogP contribution in [0, 0.1) is 0 Å². The van der Waals surface area contributed by atoms with Gasteiger partial charge in [-0.1, -0.05) is 48.5 Å². The molecule has 2 radical (unpaired) electrons. The number of rotatable bonds is 2. The first-order valence-corrected chi connectivity index (χ1v) is 9.81. The van der Waals surface area contributed by atoms with Crippen molar-refractivity contribution in [2.75, 3.05) is 14.1 Å². The van der Waals surface area contributed by atoms with Gasteiger partial charge in [0, 0.05) is 14.1 Å². The van der Waals surface area contributed by atoms with E-state index in [0.29, 0.717) is 0 Å². The van der Waals surface area contributed by atoms with Crippen LogP contribution in [0.5, 0.6) is 0 Å². The van der Waals surface area contributed by atoms with Gasteiger partial charge in [-0.25, -0.2) is 0 Å². The third kappa shape index (κ3) is 2.17. The predicted molar refractivity (Wildman–Crippen MR) is 105 cm³/mol. The topological polar surface area (TPSA) is 0 Å². The van der Waals surface area contributed by atoms with Crippen LogP contribution in [0.15, 0.2) is 84.9 Å². The van der Waals surface area contributed by atoms with Gasteiger partial charge < -0.3 is 4.39 Å². The summed E-state index contributed by atoms with van der Waals surface area (Å²) in [5, 5.41) is 4.35. The van der Waals surface area contributed by atoms with E-state index in [1.54, 1.807) is 0 Å². The Labute approximate surface area is 139 Å². The quantitative estimate of drug-likeness (QED) is 0.503. The summed E-state index contributed by atoms with van der Waals surface area (Å²) in [6.07, 6.45) is 0. The lowest BCUT2D eigenvalue weighted by molar-refractivity contribution is 0.647. The molecular formula is C20H20BNP+. The van der Waals surface area contributed by atoms with Gasteiger partial charge in [0.25, 0.3) is 7.13 Å². The standard InChI is InChI=1S/C20H20BNP/c1-22(2)19-15-9-10-16-20(19)23(21-22,17-11-5-3-6-12-17)18-13-7-4-8-14-18/h3-16H,1-2H3/q+1. The highest BCUT2D eigenvalue weighted by molar-refractivity contribution is 8.17. The van der Waals surface area contributed by atoms with Crippen LogP contribution in [0.25, 0.3) is 0 Å². The first-order valence-electron chi connectivity index (χ1n) is 7.95. The molecule has 3 heteroatoms. The Morgan fingerprint density at radius 2 is 1.13 bits per heavy atom. The molecule has 0 unspecified atom stereocenters. The molecule has 1 aliphatic heterocycles. The zero-order chi connectivity index (χ0) is 15.9. The monoisotopic (exact) mass is 316 g/mol. The minimum absolute atomic E-state index is 0.827. The lowest BCUT2D eigenvalue weighted by Gasteiger charge is -2.36. The molecule has 1 nitrogen and oxygen atoms in total. The van der Waals surface area contributed by atoms with Crippen molar-refractivity contribution in [1.29, 1.82) is 0 Å². The fraction of sp³-hybridized carbons (Fsp3) is 0.100. The van der Waals surface area contributed by atoms with Crippen LogP contribution in [-0.2, 0) is 0 Å². The molecule has 0 aromatic heterocycles. The van der Waals surface area contributed by atoms with Crippen LogP contribution >= 0.6 is 7.14 Å². The number of benzene rings is 3. The van der Waals surface area contributed by atoms with Gasteiger partial charge in [-0.2, -0.15) is 0 Å². The average Bonchev–Trinajstić information content (AvgIpc) is 2.86. The van der Waals surface area contributed by atoms with Crippen molar-refractivity contribution in [2.24, 2.45) is 0 Å². The van der Waals surface area contributed by atoms with Gasteiger partial charge >= 0.3 is 0 Å². The summed E-state index contributed by atoms with van der Waals surface area (Å²) in [6, 6.07) is 31.0. The van der Waals surface area contributed by atoms with Crippen LogP contribution in [0.3, 0.4) is 0 Å². The van der Waals surface area contributed by atoms with Gasteiger partial charge in [0.1, 0.15) is 11.0 Å². The van der Waals surface area contributed by atoms with Gasteiger partial charge in [-0.3, -0.25) is 0 Å². The summed E-state index contributed by atoms with van der Waals surface area (Å²) in [4.78, 5) is 0. The van der Waals surface area contributed by atoms with Crippen molar-refractivity contribution >= 4 is 35.9 Å². The Bertz CT molecular complexity index is 791. The Morgan fingerprint density at radius 1 is 0.652 bits per heavy atom. The number of nitrogens with zero attached hydrogens (tertiary/aromatic N) is 1. The number of fused-ring (bicyclic) bond motifs is 1.